The summed E-state index contributed by atoms with van der Waals surface area (Å²) in [5.74, 6) is 0.276. The minimum Gasteiger partial charge on any atom is -0.464 e. The summed E-state index contributed by atoms with van der Waals surface area (Å²) in [6, 6.07) is 0. The number of halogens is 1. The molecule has 1 aliphatic carbocycles. The van der Waals surface area contributed by atoms with E-state index in [4.69, 9.17) is 10.5 Å². The second-order valence-electron chi connectivity index (χ2n) is 4.82. The van der Waals surface area contributed by atoms with Gasteiger partial charge < -0.3 is 10.5 Å². The van der Waals surface area contributed by atoms with Crippen LogP contribution in [0.3, 0.4) is 0 Å². The van der Waals surface area contributed by atoms with Crippen molar-refractivity contribution in [1.29, 1.82) is 0 Å². The number of esters is 1. The summed E-state index contributed by atoms with van der Waals surface area (Å²) in [7, 11) is 0. The molecule has 15 heavy (non-hydrogen) atoms. The predicted molar refractivity (Wildman–Crippen MR) is 63.0 cm³/mol. The van der Waals surface area contributed by atoms with Gasteiger partial charge in [0.05, 0.1) is 6.61 Å². The van der Waals surface area contributed by atoms with Crippen molar-refractivity contribution in [2.45, 2.75) is 51.5 Å². The molecule has 4 heteroatoms. The smallest absolute Gasteiger partial charge is 0.325 e. The molecule has 90 valence electrons. The zero-order valence-corrected chi connectivity index (χ0v) is 10.4. The maximum Gasteiger partial charge on any atom is 0.325 e. The van der Waals surface area contributed by atoms with Gasteiger partial charge in [-0.05, 0) is 32.6 Å². The van der Waals surface area contributed by atoms with E-state index >= 15 is 0 Å². The third kappa shape index (κ3) is 5.38. The van der Waals surface area contributed by atoms with E-state index in [-0.39, 0.29) is 18.4 Å². The summed E-state index contributed by atoms with van der Waals surface area (Å²) in [6.07, 6.45) is 6.26. The fourth-order valence-corrected chi connectivity index (χ4v) is 1.73. The van der Waals surface area contributed by atoms with Crippen molar-refractivity contribution >= 4 is 18.4 Å². The number of ether oxygens (including phenoxy) is 1. The van der Waals surface area contributed by atoms with E-state index in [9.17, 15) is 4.79 Å². The third-order valence-electron chi connectivity index (χ3n) is 2.70. The fraction of sp³-hybridized carbons (Fsp3) is 0.909. The molecule has 0 unspecified atom stereocenters. The number of rotatable bonds is 3. The number of carbonyl (C=O) groups is 1. The minimum atomic E-state index is -0.853. The topological polar surface area (TPSA) is 52.3 Å². The highest BCUT2D eigenvalue weighted by Crippen LogP contribution is 2.23. The molecule has 0 heterocycles. The highest BCUT2D eigenvalue weighted by molar-refractivity contribution is 5.85. The number of nitrogens with two attached hydrogens (primary N) is 1. The standard InChI is InChI=1S/C11H21NO2.ClH/c1-11(2,12)10(13)14-8-9-6-4-3-5-7-9;/h9H,3-8,12H2,1-2H3;1H. The van der Waals surface area contributed by atoms with Crippen LogP contribution < -0.4 is 5.73 Å². The Kier molecular flexibility index (Phi) is 6.22. The Morgan fingerprint density at radius 3 is 2.33 bits per heavy atom. The Morgan fingerprint density at radius 2 is 1.87 bits per heavy atom. The van der Waals surface area contributed by atoms with Crippen LogP contribution in [0.1, 0.15) is 46.0 Å². The first kappa shape index (κ1) is 14.7. The summed E-state index contributed by atoms with van der Waals surface area (Å²) in [5, 5.41) is 0. The Bertz CT molecular complexity index is 195. The zero-order chi connectivity index (χ0) is 10.6. The van der Waals surface area contributed by atoms with Crippen LogP contribution >= 0.6 is 12.4 Å². The van der Waals surface area contributed by atoms with Crippen molar-refractivity contribution < 1.29 is 9.53 Å². The van der Waals surface area contributed by atoms with Crippen molar-refractivity contribution in [2.24, 2.45) is 11.7 Å². The van der Waals surface area contributed by atoms with Gasteiger partial charge >= 0.3 is 5.97 Å². The Hall–Kier alpha value is -0.280. The molecule has 2 N–H and O–H groups in total. The van der Waals surface area contributed by atoms with Gasteiger partial charge in [-0.2, -0.15) is 0 Å². The van der Waals surface area contributed by atoms with Crippen LogP contribution in [0.15, 0.2) is 0 Å². The summed E-state index contributed by atoms with van der Waals surface area (Å²) < 4.78 is 5.18. The Balaban J connectivity index is 0.00000196. The van der Waals surface area contributed by atoms with E-state index in [1.807, 2.05) is 0 Å². The molecule has 3 nitrogen and oxygen atoms in total. The van der Waals surface area contributed by atoms with Crippen LogP contribution in [-0.2, 0) is 9.53 Å². The van der Waals surface area contributed by atoms with Gasteiger partial charge in [0.1, 0.15) is 5.54 Å². The van der Waals surface area contributed by atoms with Crippen LogP contribution in [0.5, 0.6) is 0 Å². The lowest BCUT2D eigenvalue weighted by atomic mass is 9.90. The Labute approximate surface area is 98.2 Å². The molecule has 1 saturated carbocycles. The summed E-state index contributed by atoms with van der Waals surface area (Å²) in [6.45, 7) is 3.91. The second kappa shape index (κ2) is 6.33. The van der Waals surface area contributed by atoms with Crippen LogP contribution in [-0.4, -0.2) is 18.1 Å². The minimum absolute atomic E-state index is 0. The van der Waals surface area contributed by atoms with E-state index in [2.05, 4.69) is 0 Å². The molecule has 1 fully saturated rings. The molecule has 0 spiro atoms. The van der Waals surface area contributed by atoms with Crippen molar-refractivity contribution in [3.8, 4) is 0 Å². The lowest BCUT2D eigenvalue weighted by molar-refractivity contribution is -0.150. The van der Waals surface area contributed by atoms with Gasteiger partial charge in [0, 0.05) is 0 Å². The lowest BCUT2D eigenvalue weighted by Crippen LogP contribution is -2.43. The molecular formula is C11H22ClNO2. The lowest BCUT2D eigenvalue weighted by Gasteiger charge is -2.23. The molecule has 0 atom stereocenters. The first-order chi connectivity index (χ1) is 6.50. The number of carbonyl (C=O) groups excluding carboxylic acids is 1. The van der Waals surface area contributed by atoms with Crippen molar-refractivity contribution in [3.05, 3.63) is 0 Å². The van der Waals surface area contributed by atoms with Gasteiger partial charge in [-0.1, -0.05) is 19.3 Å². The quantitative estimate of drug-likeness (QED) is 0.764. The maximum absolute atomic E-state index is 11.4. The van der Waals surface area contributed by atoms with Gasteiger partial charge in [0.2, 0.25) is 0 Å². The molecule has 0 aromatic heterocycles. The molecule has 0 aromatic carbocycles. The first-order valence-electron chi connectivity index (χ1n) is 5.46. The third-order valence-corrected chi connectivity index (χ3v) is 2.70. The molecule has 1 aliphatic rings. The van der Waals surface area contributed by atoms with Crippen LogP contribution in [0.4, 0.5) is 0 Å². The summed E-state index contributed by atoms with van der Waals surface area (Å²) in [5.41, 5.74) is 4.77. The van der Waals surface area contributed by atoms with Crippen LogP contribution in [0, 0.1) is 5.92 Å². The van der Waals surface area contributed by atoms with Crippen LogP contribution in [0.2, 0.25) is 0 Å². The molecule has 1 rings (SSSR count). The fourth-order valence-electron chi connectivity index (χ4n) is 1.73. The van der Waals surface area contributed by atoms with Gasteiger partial charge in [0.25, 0.3) is 0 Å². The number of hydrogen-bond donors (Lipinski definition) is 1. The molecule has 0 bridgehead atoms. The predicted octanol–water partition coefficient (Wildman–Crippen LogP) is 2.27. The summed E-state index contributed by atoms with van der Waals surface area (Å²) >= 11 is 0. The molecule has 0 amide bonds. The Morgan fingerprint density at radius 1 is 1.33 bits per heavy atom. The normalized spacial score (nSPS) is 18.1. The van der Waals surface area contributed by atoms with Crippen molar-refractivity contribution in [1.82, 2.24) is 0 Å². The maximum atomic E-state index is 11.4. The van der Waals surface area contributed by atoms with E-state index in [1.165, 1.54) is 32.1 Å². The zero-order valence-electron chi connectivity index (χ0n) is 9.62. The van der Waals surface area contributed by atoms with Crippen LogP contribution in [0.25, 0.3) is 0 Å². The van der Waals surface area contributed by atoms with E-state index in [0.29, 0.717) is 12.5 Å². The average molecular weight is 236 g/mol. The van der Waals surface area contributed by atoms with Gasteiger partial charge in [0.15, 0.2) is 0 Å². The average Bonchev–Trinajstić information content (AvgIpc) is 2.14. The number of hydrogen-bond acceptors (Lipinski definition) is 3. The molecule has 0 aliphatic heterocycles. The summed E-state index contributed by atoms with van der Waals surface area (Å²) in [4.78, 5) is 11.4. The van der Waals surface area contributed by atoms with Crippen molar-refractivity contribution in [2.75, 3.05) is 6.61 Å². The van der Waals surface area contributed by atoms with Crippen molar-refractivity contribution in [3.63, 3.8) is 0 Å². The molecule has 0 saturated heterocycles. The first-order valence-corrected chi connectivity index (χ1v) is 5.46. The van der Waals surface area contributed by atoms with E-state index in [1.54, 1.807) is 13.8 Å². The molecular weight excluding hydrogens is 214 g/mol. The SMILES string of the molecule is CC(C)(N)C(=O)OCC1CCCCC1.Cl. The van der Waals surface area contributed by atoms with Gasteiger partial charge in [-0.3, -0.25) is 4.79 Å². The van der Waals surface area contributed by atoms with E-state index in [0.717, 1.165) is 0 Å². The largest absolute Gasteiger partial charge is 0.464 e. The second-order valence-corrected chi connectivity index (χ2v) is 4.82. The van der Waals surface area contributed by atoms with E-state index < -0.39 is 5.54 Å². The van der Waals surface area contributed by atoms with Gasteiger partial charge in [-0.25, -0.2) is 0 Å². The van der Waals surface area contributed by atoms with Gasteiger partial charge in [-0.15, -0.1) is 12.4 Å². The monoisotopic (exact) mass is 235 g/mol. The molecule has 0 aromatic rings. The molecule has 0 radical (unpaired) electrons. The highest BCUT2D eigenvalue weighted by atomic mass is 35.5. The highest BCUT2D eigenvalue weighted by Gasteiger charge is 2.25.